The average molecular weight is 358 g/mol. The summed E-state index contributed by atoms with van der Waals surface area (Å²) in [5, 5.41) is 6.86. The molecule has 0 fully saturated rings. The number of hydrazone groups is 1. The molecule has 2 rings (SSSR count). The quantitative estimate of drug-likeness (QED) is 0.467. The maximum atomic E-state index is 11.8. The van der Waals surface area contributed by atoms with Crippen LogP contribution in [0.1, 0.15) is 37.3 Å². The van der Waals surface area contributed by atoms with Gasteiger partial charge in [-0.15, -0.1) is 0 Å². The van der Waals surface area contributed by atoms with Gasteiger partial charge in [0.25, 0.3) is 0 Å². The van der Waals surface area contributed by atoms with E-state index >= 15 is 0 Å². The fraction of sp³-hybridized carbons (Fsp3) is 0.211. The molecule has 5 nitrogen and oxygen atoms in total. The zero-order chi connectivity index (χ0) is 18.2. The number of nitrogens with one attached hydrogen (secondary N) is 2. The highest BCUT2D eigenvalue weighted by Gasteiger charge is 2.10. The number of anilines is 1. The van der Waals surface area contributed by atoms with E-state index in [0.717, 1.165) is 5.56 Å². The second-order valence-corrected chi connectivity index (χ2v) is 6.23. The summed E-state index contributed by atoms with van der Waals surface area (Å²) in [4.78, 5) is 23.6. The smallest absolute Gasteiger partial charge is 0.249 e. The molecule has 0 aliphatic carbocycles. The molecule has 0 aliphatic heterocycles. The van der Waals surface area contributed by atoms with Crippen molar-refractivity contribution in [1.29, 1.82) is 0 Å². The third-order valence-electron chi connectivity index (χ3n) is 3.48. The van der Waals surface area contributed by atoms with Gasteiger partial charge in [0, 0.05) is 0 Å². The van der Waals surface area contributed by atoms with Crippen LogP contribution in [0.25, 0.3) is 0 Å². The topological polar surface area (TPSA) is 70.6 Å². The highest BCUT2D eigenvalue weighted by Crippen LogP contribution is 2.20. The molecule has 0 atom stereocenters. The third-order valence-corrected chi connectivity index (χ3v) is 3.80. The number of hydrogen-bond acceptors (Lipinski definition) is 3. The van der Waals surface area contributed by atoms with E-state index in [1.807, 2.05) is 24.3 Å². The van der Waals surface area contributed by atoms with Gasteiger partial charge in [-0.1, -0.05) is 61.8 Å². The van der Waals surface area contributed by atoms with Gasteiger partial charge in [-0.05, 0) is 29.2 Å². The molecule has 0 aromatic heterocycles. The molecule has 2 N–H and O–H groups in total. The molecule has 0 saturated heterocycles. The second-order valence-electron chi connectivity index (χ2n) is 5.82. The summed E-state index contributed by atoms with van der Waals surface area (Å²) in [6.45, 7) is 4.24. The van der Waals surface area contributed by atoms with Gasteiger partial charge in [-0.2, -0.15) is 5.10 Å². The first-order chi connectivity index (χ1) is 12.0. The van der Waals surface area contributed by atoms with Crippen molar-refractivity contribution < 1.29 is 9.59 Å². The lowest BCUT2D eigenvalue weighted by molar-refractivity contribution is -0.126. The third kappa shape index (κ3) is 6.04. The number of benzene rings is 2. The molecule has 0 radical (unpaired) electrons. The fourth-order valence-corrected chi connectivity index (χ4v) is 2.27. The lowest BCUT2D eigenvalue weighted by atomic mass is 10.0. The molecule has 25 heavy (non-hydrogen) atoms. The number of carbonyl (C=O) groups is 2. The summed E-state index contributed by atoms with van der Waals surface area (Å²) in [6.07, 6.45) is 1.20. The van der Waals surface area contributed by atoms with Crippen molar-refractivity contribution in [1.82, 2.24) is 5.43 Å². The van der Waals surface area contributed by atoms with E-state index in [-0.39, 0.29) is 6.42 Å². The van der Waals surface area contributed by atoms with E-state index in [4.69, 9.17) is 11.6 Å². The lowest BCUT2D eigenvalue weighted by Crippen LogP contribution is -2.24. The van der Waals surface area contributed by atoms with Crippen LogP contribution in [0, 0.1) is 0 Å². The Morgan fingerprint density at radius 3 is 2.40 bits per heavy atom. The van der Waals surface area contributed by atoms with Crippen LogP contribution < -0.4 is 10.7 Å². The van der Waals surface area contributed by atoms with Crippen LogP contribution in [0.3, 0.4) is 0 Å². The van der Waals surface area contributed by atoms with Gasteiger partial charge in [0.05, 0.1) is 16.9 Å². The van der Waals surface area contributed by atoms with Crippen LogP contribution >= 0.6 is 11.6 Å². The number of amides is 2. The van der Waals surface area contributed by atoms with Crippen molar-refractivity contribution in [3.63, 3.8) is 0 Å². The van der Waals surface area contributed by atoms with Crippen LogP contribution in [0.2, 0.25) is 5.02 Å². The fourth-order valence-electron chi connectivity index (χ4n) is 2.09. The van der Waals surface area contributed by atoms with Crippen LogP contribution in [0.4, 0.5) is 5.69 Å². The lowest BCUT2D eigenvalue weighted by Gasteiger charge is -2.06. The number of carbonyl (C=O) groups excluding carboxylic acids is 2. The van der Waals surface area contributed by atoms with Gasteiger partial charge in [0.1, 0.15) is 6.42 Å². The zero-order valence-electron chi connectivity index (χ0n) is 14.1. The molecule has 0 unspecified atom stereocenters. The molecule has 2 aromatic rings. The Morgan fingerprint density at radius 2 is 1.76 bits per heavy atom. The number of nitrogens with zero attached hydrogens (tertiary/aromatic N) is 1. The summed E-state index contributed by atoms with van der Waals surface area (Å²) in [5.74, 6) is -0.496. The molecular weight excluding hydrogens is 338 g/mol. The Kier molecular flexibility index (Phi) is 6.71. The highest BCUT2D eigenvalue weighted by molar-refractivity contribution is 6.33. The van der Waals surface area contributed by atoms with Crippen molar-refractivity contribution in [3.05, 3.63) is 64.7 Å². The van der Waals surface area contributed by atoms with Crippen LogP contribution in [0.5, 0.6) is 0 Å². The molecule has 0 aliphatic rings. The van der Waals surface area contributed by atoms with Crippen molar-refractivity contribution >= 4 is 35.3 Å². The molecule has 0 bridgehead atoms. The normalized spacial score (nSPS) is 10.9. The first kappa shape index (κ1) is 18.7. The predicted octanol–water partition coefficient (Wildman–Crippen LogP) is 3.94. The molecule has 2 aromatic carbocycles. The zero-order valence-corrected chi connectivity index (χ0v) is 14.9. The minimum atomic E-state index is -0.500. The number of rotatable bonds is 6. The average Bonchev–Trinajstić information content (AvgIpc) is 2.57. The Bertz CT molecular complexity index is 770. The van der Waals surface area contributed by atoms with Crippen molar-refractivity contribution in [2.45, 2.75) is 26.2 Å². The monoisotopic (exact) mass is 357 g/mol. The Labute approximate surface area is 152 Å². The molecular formula is C19H20ClN3O2. The first-order valence-corrected chi connectivity index (χ1v) is 8.29. The van der Waals surface area contributed by atoms with Crippen LogP contribution in [0.15, 0.2) is 53.6 Å². The van der Waals surface area contributed by atoms with Gasteiger partial charge in [0.2, 0.25) is 11.8 Å². The van der Waals surface area contributed by atoms with E-state index in [9.17, 15) is 9.59 Å². The molecule has 2 amide bonds. The standard InChI is InChI=1S/C19H20ClN3O2/c1-13(2)15-9-7-14(8-10-15)12-21-23-19(25)11-18(24)22-17-6-4-3-5-16(17)20/h3-10,12-13H,11H2,1-2H3,(H,22,24)(H,23,25). The maximum absolute atomic E-state index is 11.8. The largest absolute Gasteiger partial charge is 0.324 e. The maximum Gasteiger partial charge on any atom is 0.249 e. The van der Waals surface area contributed by atoms with Gasteiger partial charge < -0.3 is 5.32 Å². The number of hydrogen-bond donors (Lipinski definition) is 2. The van der Waals surface area contributed by atoms with Crippen LogP contribution in [-0.2, 0) is 9.59 Å². The van der Waals surface area contributed by atoms with Crippen molar-refractivity contribution in [3.8, 4) is 0 Å². The predicted molar refractivity (Wildman–Crippen MR) is 101 cm³/mol. The first-order valence-electron chi connectivity index (χ1n) is 7.92. The van der Waals surface area contributed by atoms with Gasteiger partial charge in [-0.3, -0.25) is 9.59 Å². The summed E-state index contributed by atoms with van der Waals surface area (Å²) >= 11 is 5.95. The number of halogens is 1. The van der Waals surface area contributed by atoms with E-state index in [1.165, 1.54) is 11.8 Å². The molecule has 0 spiro atoms. The van der Waals surface area contributed by atoms with Gasteiger partial charge in [-0.25, -0.2) is 5.43 Å². The van der Waals surface area contributed by atoms with Crippen LogP contribution in [-0.4, -0.2) is 18.0 Å². The second kappa shape index (κ2) is 8.99. The molecule has 6 heteroatoms. The highest BCUT2D eigenvalue weighted by atomic mass is 35.5. The Morgan fingerprint density at radius 1 is 1.08 bits per heavy atom. The van der Waals surface area contributed by atoms with Gasteiger partial charge >= 0.3 is 0 Å². The summed E-state index contributed by atoms with van der Waals surface area (Å²) in [5.41, 5.74) is 4.90. The molecule has 0 saturated carbocycles. The Hall–Kier alpha value is -2.66. The van der Waals surface area contributed by atoms with E-state index in [1.54, 1.807) is 24.3 Å². The summed E-state index contributed by atoms with van der Waals surface area (Å²) < 4.78 is 0. The van der Waals surface area contributed by atoms with Gasteiger partial charge in [0.15, 0.2) is 0 Å². The van der Waals surface area contributed by atoms with Crippen molar-refractivity contribution in [2.75, 3.05) is 5.32 Å². The minimum Gasteiger partial charge on any atom is -0.324 e. The van der Waals surface area contributed by atoms with Crippen molar-refractivity contribution in [2.24, 2.45) is 5.10 Å². The van der Waals surface area contributed by atoms with E-state index in [2.05, 4.69) is 29.7 Å². The summed E-state index contributed by atoms with van der Waals surface area (Å²) in [6, 6.07) is 14.7. The summed E-state index contributed by atoms with van der Waals surface area (Å²) in [7, 11) is 0. The number of para-hydroxylation sites is 1. The Balaban J connectivity index is 1.81. The SMILES string of the molecule is CC(C)c1ccc(C=NNC(=O)CC(=O)Nc2ccccc2Cl)cc1. The minimum absolute atomic E-state index is 0.338. The molecule has 0 heterocycles. The molecule has 130 valence electrons. The van der Waals surface area contributed by atoms with E-state index < -0.39 is 11.8 Å². The van der Waals surface area contributed by atoms with E-state index in [0.29, 0.717) is 16.6 Å².